The third-order valence-corrected chi connectivity index (χ3v) is 7.34. The zero-order chi connectivity index (χ0) is 20.3. The van der Waals surface area contributed by atoms with Crippen molar-refractivity contribution < 1.29 is 18.0 Å². The molecule has 2 heterocycles. The van der Waals surface area contributed by atoms with E-state index in [1.54, 1.807) is 12.4 Å². The molecule has 6 nitrogen and oxygen atoms in total. The number of hydrogen-bond donors (Lipinski definition) is 2. The molecule has 0 radical (unpaired) electrons. The van der Waals surface area contributed by atoms with Gasteiger partial charge in [0.1, 0.15) is 30.8 Å². The number of carbonyl (C=O) groups is 1. The molecule has 0 bridgehead atoms. The Bertz CT molecular complexity index is 967. The Morgan fingerprint density at radius 3 is 2.54 bits per heavy atom. The lowest BCUT2D eigenvalue weighted by molar-refractivity contribution is 0.262. The summed E-state index contributed by atoms with van der Waals surface area (Å²) in [4.78, 5) is 20.3. The van der Waals surface area contributed by atoms with Crippen LogP contribution in [0.1, 0.15) is 5.89 Å². The third-order valence-electron chi connectivity index (χ3n) is 3.54. The number of rotatable bonds is 6. The van der Waals surface area contributed by atoms with Gasteiger partial charge in [0, 0.05) is 0 Å². The lowest BCUT2D eigenvalue weighted by Crippen LogP contribution is -2.36. The molecule has 148 valence electrons. The van der Waals surface area contributed by atoms with Crippen LogP contribution in [0.2, 0.25) is 19.6 Å². The van der Waals surface area contributed by atoms with Crippen LogP contribution in [0.15, 0.2) is 39.2 Å². The fourth-order valence-corrected chi connectivity index (χ4v) is 4.70. The third kappa shape index (κ3) is 5.18. The Kier molecular flexibility index (Phi) is 6.16. The zero-order valence-electron chi connectivity index (χ0n) is 15.4. The maximum Gasteiger partial charge on any atom is 0.325 e. The van der Waals surface area contributed by atoms with Gasteiger partial charge in [0.2, 0.25) is 5.89 Å². The first-order valence-electron chi connectivity index (χ1n) is 8.28. The van der Waals surface area contributed by atoms with E-state index < -0.39 is 31.4 Å². The summed E-state index contributed by atoms with van der Waals surface area (Å²) in [5.74, 6) is -0.528. The first-order valence-corrected chi connectivity index (χ1v) is 13.6. The molecule has 0 aliphatic carbocycles. The number of carbonyl (C=O) groups excluding carboxylic acids is 1. The fraction of sp³-hybridized carbons (Fsp3) is 0.235. The highest BCUT2D eigenvalue weighted by molar-refractivity contribution is 8.00. The molecule has 28 heavy (non-hydrogen) atoms. The molecule has 0 aliphatic rings. The van der Waals surface area contributed by atoms with E-state index in [2.05, 4.69) is 40.2 Å². The Balaban J connectivity index is 1.55. The first-order chi connectivity index (χ1) is 13.2. The van der Waals surface area contributed by atoms with Gasteiger partial charge in [-0.15, -0.1) is 11.8 Å². The van der Waals surface area contributed by atoms with Gasteiger partial charge in [0.25, 0.3) is 0 Å². The monoisotopic (exact) mass is 440 g/mol. The number of nitrogens with one attached hydrogen (secondary N) is 2. The Labute approximate surface area is 169 Å². The van der Waals surface area contributed by atoms with Crippen molar-refractivity contribution >= 4 is 53.4 Å². The van der Waals surface area contributed by atoms with Crippen molar-refractivity contribution in [3.63, 3.8) is 0 Å². The van der Waals surface area contributed by atoms with Crippen molar-refractivity contribution in [3.05, 3.63) is 48.1 Å². The van der Waals surface area contributed by atoms with Crippen LogP contribution in [-0.2, 0) is 5.75 Å². The molecule has 2 N–H and O–H groups in total. The number of anilines is 2. The average molecular weight is 441 g/mol. The minimum atomic E-state index is -1.53. The Hall–Kier alpha value is -2.24. The maximum atomic E-state index is 13.6. The predicted molar refractivity (Wildman–Crippen MR) is 110 cm³/mol. The van der Waals surface area contributed by atoms with E-state index in [1.807, 2.05) is 0 Å². The van der Waals surface area contributed by atoms with Crippen molar-refractivity contribution in [3.8, 4) is 0 Å². The second-order valence-corrected chi connectivity index (χ2v) is 14.1. The second-order valence-electron chi connectivity index (χ2n) is 6.82. The summed E-state index contributed by atoms with van der Waals surface area (Å²) in [5.41, 5.74) is -0.506. The van der Waals surface area contributed by atoms with Crippen molar-refractivity contribution in [2.75, 3.05) is 10.6 Å². The van der Waals surface area contributed by atoms with Gasteiger partial charge >= 0.3 is 6.03 Å². The van der Waals surface area contributed by atoms with E-state index in [-0.39, 0.29) is 0 Å². The number of nitrogens with zero attached hydrogens (tertiary/aromatic N) is 2. The number of benzene rings is 1. The predicted octanol–water partition coefficient (Wildman–Crippen LogP) is 4.89. The van der Waals surface area contributed by atoms with Crippen molar-refractivity contribution in [2.24, 2.45) is 0 Å². The van der Waals surface area contributed by atoms with Gasteiger partial charge in [-0.2, -0.15) is 0 Å². The minimum absolute atomic E-state index is 0.312. The number of para-hydroxylation sites is 1. The van der Waals surface area contributed by atoms with E-state index >= 15 is 0 Å². The summed E-state index contributed by atoms with van der Waals surface area (Å²) in [6.07, 6.45) is 3.39. The van der Waals surface area contributed by atoms with Gasteiger partial charge in [-0.25, -0.2) is 23.5 Å². The fourth-order valence-electron chi connectivity index (χ4n) is 2.10. The molecule has 0 saturated carbocycles. The molecule has 0 fully saturated rings. The van der Waals surface area contributed by atoms with Gasteiger partial charge in [0.05, 0.1) is 22.4 Å². The maximum absolute atomic E-state index is 13.6. The Morgan fingerprint density at radius 2 is 1.89 bits per heavy atom. The van der Waals surface area contributed by atoms with Crippen LogP contribution in [-0.4, -0.2) is 24.1 Å². The first kappa shape index (κ1) is 20.5. The highest BCUT2D eigenvalue weighted by Gasteiger charge is 2.22. The largest absolute Gasteiger partial charge is 0.450 e. The van der Waals surface area contributed by atoms with E-state index in [4.69, 9.17) is 4.42 Å². The van der Waals surface area contributed by atoms with Gasteiger partial charge in [0.15, 0.2) is 5.13 Å². The summed E-state index contributed by atoms with van der Waals surface area (Å²) in [6, 6.07) is 2.57. The summed E-state index contributed by atoms with van der Waals surface area (Å²) in [6.45, 7) is 6.55. The summed E-state index contributed by atoms with van der Waals surface area (Å²) in [7, 11) is -1.53. The van der Waals surface area contributed by atoms with Crippen LogP contribution in [0, 0.1) is 11.6 Å². The van der Waals surface area contributed by atoms with Gasteiger partial charge in [-0.05, 0) is 12.1 Å². The molecule has 1 aromatic carbocycles. The van der Waals surface area contributed by atoms with Crippen LogP contribution in [0.25, 0.3) is 0 Å². The Morgan fingerprint density at radius 1 is 1.18 bits per heavy atom. The van der Waals surface area contributed by atoms with E-state index in [1.165, 1.54) is 29.2 Å². The number of thioether (sulfide) groups is 1. The molecule has 2 amide bonds. The molecule has 0 spiro atoms. The number of amides is 2. The molecule has 11 heteroatoms. The summed E-state index contributed by atoms with van der Waals surface area (Å²) in [5, 5.41) is 5.88. The highest BCUT2D eigenvalue weighted by atomic mass is 32.2. The SMILES string of the molecule is C[Si](C)(C)c1cnc(CSc2cnc(NC(=O)Nc3c(F)cccc3F)s2)o1. The summed E-state index contributed by atoms with van der Waals surface area (Å²) < 4.78 is 33.8. The van der Waals surface area contributed by atoms with Gasteiger partial charge in [-0.1, -0.05) is 37.0 Å². The molecule has 0 atom stereocenters. The van der Waals surface area contributed by atoms with Gasteiger partial charge in [-0.3, -0.25) is 5.32 Å². The molecular formula is C17H18F2N4O2S2Si. The van der Waals surface area contributed by atoms with Crippen molar-refractivity contribution in [1.82, 2.24) is 9.97 Å². The molecule has 0 aliphatic heterocycles. The minimum Gasteiger partial charge on any atom is -0.450 e. The van der Waals surface area contributed by atoms with Crippen LogP contribution >= 0.6 is 23.1 Å². The molecule has 0 saturated heterocycles. The average Bonchev–Trinajstić information content (AvgIpc) is 3.25. The van der Waals surface area contributed by atoms with Crippen LogP contribution in [0.4, 0.5) is 24.4 Å². The number of aromatic nitrogens is 2. The lowest BCUT2D eigenvalue weighted by Gasteiger charge is -2.09. The van der Waals surface area contributed by atoms with Crippen LogP contribution < -0.4 is 16.0 Å². The normalized spacial score (nSPS) is 11.5. The van der Waals surface area contributed by atoms with E-state index in [0.29, 0.717) is 16.8 Å². The van der Waals surface area contributed by atoms with Gasteiger partial charge < -0.3 is 9.73 Å². The number of hydrogen-bond acceptors (Lipinski definition) is 6. The quantitative estimate of drug-likeness (QED) is 0.421. The molecule has 2 aromatic heterocycles. The molecular weight excluding hydrogens is 422 g/mol. The standard InChI is InChI=1S/C17H18F2N4O2S2Si/c1-28(2,3)13-7-20-12(25-13)9-26-14-8-21-17(27-14)23-16(24)22-15-10(18)5-4-6-11(15)19/h4-8H,9H2,1-3H3,(H2,21,22,23,24). The number of urea groups is 1. The van der Waals surface area contributed by atoms with Crippen LogP contribution in [0.5, 0.6) is 0 Å². The summed E-state index contributed by atoms with van der Waals surface area (Å²) >= 11 is 2.72. The lowest BCUT2D eigenvalue weighted by atomic mass is 10.3. The number of oxazole rings is 1. The highest BCUT2D eigenvalue weighted by Crippen LogP contribution is 2.30. The van der Waals surface area contributed by atoms with Crippen molar-refractivity contribution in [1.29, 1.82) is 0 Å². The molecule has 3 aromatic rings. The van der Waals surface area contributed by atoms with Crippen LogP contribution in [0.3, 0.4) is 0 Å². The van der Waals surface area contributed by atoms with Crippen molar-refractivity contribution in [2.45, 2.75) is 29.6 Å². The van der Waals surface area contributed by atoms with E-state index in [0.717, 1.165) is 21.7 Å². The second kappa shape index (κ2) is 8.41. The topological polar surface area (TPSA) is 80.0 Å². The molecule has 3 rings (SSSR count). The van der Waals surface area contributed by atoms with E-state index in [9.17, 15) is 13.6 Å². The number of thiazole rings is 1. The molecule has 0 unspecified atom stereocenters. The smallest absolute Gasteiger partial charge is 0.325 e. The number of halogens is 2. The zero-order valence-corrected chi connectivity index (χ0v) is 18.0.